The predicted molar refractivity (Wildman–Crippen MR) is 95.2 cm³/mol. The van der Waals surface area contributed by atoms with E-state index >= 15 is 0 Å². The van der Waals surface area contributed by atoms with Gasteiger partial charge in [0.2, 0.25) is 5.95 Å². The van der Waals surface area contributed by atoms with E-state index in [1.807, 2.05) is 24.3 Å². The third kappa shape index (κ3) is 3.30. The van der Waals surface area contributed by atoms with Gasteiger partial charge in [0.25, 0.3) is 0 Å². The molecule has 2 unspecified atom stereocenters. The summed E-state index contributed by atoms with van der Waals surface area (Å²) >= 11 is 0. The first-order valence-electron chi connectivity index (χ1n) is 8.50. The third-order valence-electron chi connectivity index (χ3n) is 4.64. The monoisotopic (exact) mass is 372 g/mol. The van der Waals surface area contributed by atoms with Crippen molar-refractivity contribution in [1.82, 2.24) is 14.8 Å². The van der Waals surface area contributed by atoms with Crippen LogP contribution in [0.3, 0.4) is 0 Å². The molecule has 1 aliphatic heterocycles. The lowest BCUT2D eigenvalue weighted by Gasteiger charge is -2.33. The topological polar surface area (TPSA) is 61.2 Å². The maximum absolute atomic E-state index is 12.8. The molecule has 0 fully saturated rings. The Hall–Kier alpha value is -3.16. The Balaban J connectivity index is 1.75. The number of nitrogens with zero attached hydrogens (tertiary/aromatic N) is 3. The summed E-state index contributed by atoms with van der Waals surface area (Å²) < 4.78 is 37.6. The third-order valence-corrected chi connectivity index (χ3v) is 4.64. The van der Waals surface area contributed by atoms with Gasteiger partial charge in [0.1, 0.15) is 17.8 Å². The largest absolute Gasteiger partial charge is 0.496 e. The molecule has 0 spiro atoms. The van der Waals surface area contributed by atoms with Crippen molar-refractivity contribution in [3.8, 4) is 11.5 Å². The zero-order chi connectivity index (χ0) is 18.8. The van der Waals surface area contributed by atoms with Gasteiger partial charge in [-0.3, -0.25) is 0 Å². The van der Waals surface area contributed by atoms with E-state index in [4.69, 9.17) is 9.47 Å². The Labute approximate surface area is 154 Å². The van der Waals surface area contributed by atoms with Gasteiger partial charge in [0, 0.05) is 11.1 Å². The lowest BCUT2D eigenvalue weighted by Crippen LogP contribution is -2.28. The highest BCUT2D eigenvalue weighted by molar-refractivity contribution is 5.45. The highest BCUT2D eigenvalue weighted by atomic mass is 19.3. The van der Waals surface area contributed by atoms with Crippen LogP contribution in [0.4, 0.5) is 14.7 Å². The summed E-state index contributed by atoms with van der Waals surface area (Å²) in [4.78, 5) is 4.27. The molecule has 2 atom stereocenters. The van der Waals surface area contributed by atoms with Crippen molar-refractivity contribution < 1.29 is 18.3 Å². The molecule has 4 rings (SSSR count). The first-order chi connectivity index (χ1) is 13.2. The SMILES string of the molecule is COc1ccccc1C1CC(c2ccccc2OC(F)F)Nc2ncnn21. The minimum atomic E-state index is -2.89. The molecular formula is C19H18F2N4O2. The Kier molecular flexibility index (Phi) is 4.62. The maximum Gasteiger partial charge on any atom is 0.387 e. The van der Waals surface area contributed by atoms with Crippen LogP contribution in [0.5, 0.6) is 11.5 Å². The summed E-state index contributed by atoms with van der Waals surface area (Å²) in [5.74, 6) is 1.45. The number of fused-ring (bicyclic) bond motifs is 1. The summed E-state index contributed by atoms with van der Waals surface area (Å²) in [7, 11) is 1.62. The van der Waals surface area contributed by atoms with E-state index in [1.165, 1.54) is 6.33 Å². The second kappa shape index (κ2) is 7.22. The number of rotatable bonds is 5. The summed E-state index contributed by atoms with van der Waals surface area (Å²) in [6.45, 7) is -2.89. The Bertz CT molecular complexity index is 931. The second-order valence-corrected chi connectivity index (χ2v) is 6.13. The molecule has 140 valence electrons. The molecule has 0 saturated heterocycles. The zero-order valence-corrected chi connectivity index (χ0v) is 14.5. The van der Waals surface area contributed by atoms with Gasteiger partial charge in [0.15, 0.2) is 0 Å². The van der Waals surface area contributed by atoms with Crippen LogP contribution in [-0.2, 0) is 0 Å². The minimum absolute atomic E-state index is 0.150. The van der Waals surface area contributed by atoms with Crippen molar-refractivity contribution >= 4 is 5.95 Å². The zero-order valence-electron chi connectivity index (χ0n) is 14.5. The Morgan fingerprint density at radius 3 is 2.52 bits per heavy atom. The molecule has 0 amide bonds. The molecule has 3 aromatic rings. The standard InChI is InChI=1S/C19H18F2N4O2/c1-26-16-8-4-3-7-13(16)15-10-14(24-19-22-11-23-25(15)19)12-6-2-5-9-17(12)27-18(20)21/h2-9,11,14-15,18H,10H2,1H3,(H,22,23,24). The number of alkyl halides is 2. The molecule has 6 nitrogen and oxygen atoms in total. The van der Waals surface area contributed by atoms with E-state index in [0.29, 0.717) is 17.9 Å². The maximum atomic E-state index is 12.8. The highest BCUT2D eigenvalue weighted by Gasteiger charge is 2.33. The Morgan fingerprint density at radius 2 is 1.78 bits per heavy atom. The fourth-order valence-electron chi connectivity index (χ4n) is 3.50. The van der Waals surface area contributed by atoms with E-state index in [-0.39, 0.29) is 17.8 Å². The molecule has 2 aromatic carbocycles. The lowest BCUT2D eigenvalue weighted by atomic mass is 9.92. The van der Waals surface area contributed by atoms with Crippen LogP contribution >= 0.6 is 0 Å². The molecule has 0 radical (unpaired) electrons. The van der Waals surface area contributed by atoms with Gasteiger partial charge >= 0.3 is 6.61 Å². The minimum Gasteiger partial charge on any atom is -0.496 e. The molecule has 0 aliphatic carbocycles. The van der Waals surface area contributed by atoms with E-state index in [1.54, 1.807) is 36.1 Å². The molecule has 8 heteroatoms. The highest BCUT2D eigenvalue weighted by Crippen LogP contribution is 2.42. The summed E-state index contributed by atoms with van der Waals surface area (Å²) in [5, 5.41) is 7.59. The molecule has 27 heavy (non-hydrogen) atoms. The Morgan fingerprint density at radius 1 is 1.07 bits per heavy atom. The van der Waals surface area contributed by atoms with E-state index in [0.717, 1.165) is 11.3 Å². The van der Waals surface area contributed by atoms with Crippen molar-refractivity contribution in [2.24, 2.45) is 0 Å². The number of halogens is 2. The van der Waals surface area contributed by atoms with E-state index < -0.39 is 6.61 Å². The number of ether oxygens (including phenoxy) is 2. The number of nitrogens with one attached hydrogen (secondary N) is 1. The average molecular weight is 372 g/mol. The van der Waals surface area contributed by atoms with E-state index in [9.17, 15) is 8.78 Å². The summed E-state index contributed by atoms with van der Waals surface area (Å²) in [6.07, 6.45) is 2.04. The summed E-state index contributed by atoms with van der Waals surface area (Å²) in [5.41, 5.74) is 1.59. The first kappa shape index (κ1) is 17.3. The number of anilines is 1. The van der Waals surface area contributed by atoms with Crippen molar-refractivity contribution in [2.45, 2.75) is 25.1 Å². The van der Waals surface area contributed by atoms with Crippen molar-refractivity contribution in [1.29, 1.82) is 0 Å². The van der Waals surface area contributed by atoms with Crippen LogP contribution in [-0.4, -0.2) is 28.5 Å². The van der Waals surface area contributed by atoms with Crippen LogP contribution in [0.15, 0.2) is 54.9 Å². The fraction of sp³-hybridized carbons (Fsp3) is 0.263. The fourth-order valence-corrected chi connectivity index (χ4v) is 3.50. The molecule has 1 N–H and O–H groups in total. The molecule has 0 bridgehead atoms. The number of hydrogen-bond acceptors (Lipinski definition) is 5. The lowest BCUT2D eigenvalue weighted by molar-refractivity contribution is -0.0506. The van der Waals surface area contributed by atoms with Crippen LogP contribution in [0, 0.1) is 0 Å². The molecule has 2 heterocycles. The predicted octanol–water partition coefficient (Wildman–Crippen LogP) is 4.03. The van der Waals surface area contributed by atoms with Gasteiger partial charge < -0.3 is 14.8 Å². The smallest absolute Gasteiger partial charge is 0.387 e. The van der Waals surface area contributed by atoms with Crippen molar-refractivity contribution in [2.75, 3.05) is 12.4 Å². The van der Waals surface area contributed by atoms with E-state index in [2.05, 4.69) is 15.4 Å². The molecule has 1 aromatic heterocycles. The first-order valence-corrected chi connectivity index (χ1v) is 8.50. The van der Waals surface area contributed by atoms with Gasteiger partial charge in [-0.1, -0.05) is 36.4 Å². The number of para-hydroxylation sites is 2. The number of methoxy groups -OCH3 is 1. The normalized spacial score (nSPS) is 18.7. The van der Waals surface area contributed by atoms with Crippen molar-refractivity contribution in [3.05, 3.63) is 66.0 Å². The average Bonchev–Trinajstić information content (AvgIpc) is 3.16. The van der Waals surface area contributed by atoms with Gasteiger partial charge in [0.05, 0.1) is 19.2 Å². The van der Waals surface area contributed by atoms with Gasteiger partial charge in [-0.15, -0.1) is 0 Å². The quantitative estimate of drug-likeness (QED) is 0.733. The van der Waals surface area contributed by atoms with Crippen LogP contribution < -0.4 is 14.8 Å². The van der Waals surface area contributed by atoms with Gasteiger partial charge in [-0.05, 0) is 18.6 Å². The van der Waals surface area contributed by atoms with Crippen LogP contribution in [0.25, 0.3) is 0 Å². The molecule has 0 saturated carbocycles. The molecular weight excluding hydrogens is 354 g/mol. The van der Waals surface area contributed by atoms with Gasteiger partial charge in [-0.25, -0.2) is 4.68 Å². The second-order valence-electron chi connectivity index (χ2n) is 6.13. The van der Waals surface area contributed by atoms with Gasteiger partial charge in [-0.2, -0.15) is 18.9 Å². The molecule has 1 aliphatic rings. The number of benzene rings is 2. The van der Waals surface area contributed by atoms with Crippen molar-refractivity contribution in [3.63, 3.8) is 0 Å². The number of hydrogen-bond donors (Lipinski definition) is 1. The summed E-state index contributed by atoms with van der Waals surface area (Å²) in [6, 6.07) is 14.0. The van der Waals surface area contributed by atoms with Crippen LogP contribution in [0.1, 0.15) is 29.6 Å². The van der Waals surface area contributed by atoms with Crippen LogP contribution in [0.2, 0.25) is 0 Å². The number of aromatic nitrogens is 3.